The molecule has 196 valence electrons. The maximum absolute atomic E-state index is 13.9. The lowest BCUT2D eigenvalue weighted by molar-refractivity contribution is -0.173. The Balaban J connectivity index is 1.13. The van der Waals surface area contributed by atoms with Crippen molar-refractivity contribution in [1.82, 2.24) is 24.6 Å². The van der Waals surface area contributed by atoms with Crippen LogP contribution in [-0.4, -0.2) is 49.2 Å². The third-order valence-electron chi connectivity index (χ3n) is 8.81. The first-order valence-corrected chi connectivity index (χ1v) is 13.1. The van der Waals surface area contributed by atoms with Gasteiger partial charge in [0.25, 0.3) is 5.92 Å². The predicted molar refractivity (Wildman–Crippen MR) is 134 cm³/mol. The van der Waals surface area contributed by atoms with Gasteiger partial charge in [-0.2, -0.15) is 5.26 Å². The lowest BCUT2D eigenvalue weighted by Gasteiger charge is -2.59. The summed E-state index contributed by atoms with van der Waals surface area (Å²) in [4.78, 5) is 8.32. The summed E-state index contributed by atoms with van der Waals surface area (Å²) in [7, 11) is 0. The summed E-state index contributed by atoms with van der Waals surface area (Å²) in [6.45, 7) is 4.44. The van der Waals surface area contributed by atoms with Gasteiger partial charge in [0.05, 0.1) is 12.2 Å². The Morgan fingerprint density at radius 1 is 1.08 bits per heavy atom. The summed E-state index contributed by atoms with van der Waals surface area (Å²) in [6.07, 6.45) is 1.53. The molecule has 11 heteroatoms. The van der Waals surface area contributed by atoms with Crippen LogP contribution in [0.1, 0.15) is 61.4 Å². The van der Waals surface area contributed by atoms with Crippen LogP contribution >= 0.6 is 11.6 Å². The molecule has 0 N–H and O–H groups in total. The summed E-state index contributed by atoms with van der Waals surface area (Å²) in [5, 5.41) is 18.8. The molecule has 0 atom stereocenters. The highest BCUT2D eigenvalue weighted by Crippen LogP contribution is 2.57. The van der Waals surface area contributed by atoms with Crippen LogP contribution in [0, 0.1) is 22.6 Å². The SMILES string of the molecule is CC1(N2Cc3cc(Cl)ccc3-n3c(nnc3C3CC4(C3)CN(c3ccc(F)c(C#N)n3)C4)C2)CC(F)(F)C1. The third-order valence-corrected chi connectivity index (χ3v) is 9.05. The van der Waals surface area contributed by atoms with E-state index in [9.17, 15) is 13.2 Å². The van der Waals surface area contributed by atoms with E-state index < -0.39 is 17.3 Å². The Bertz CT molecular complexity index is 1490. The first kappa shape index (κ1) is 23.9. The minimum atomic E-state index is -2.63. The van der Waals surface area contributed by atoms with Crippen LogP contribution < -0.4 is 4.90 Å². The second-order valence-corrected chi connectivity index (χ2v) is 12.2. The molecule has 2 aliphatic carbocycles. The van der Waals surface area contributed by atoms with E-state index in [4.69, 9.17) is 16.9 Å². The van der Waals surface area contributed by atoms with E-state index in [1.807, 2.05) is 25.1 Å². The molecule has 2 aromatic heterocycles. The fourth-order valence-corrected chi connectivity index (χ4v) is 7.19. The standard InChI is InChI=1S/C27H25ClF3N7/c1-25(12-27(30,31)13-25)37-10-16-6-18(28)2-4-21(16)38-23(11-37)34-35-24(38)17-7-26(8-17)14-36(15-26)22-5-3-19(29)20(9-32)33-22/h2-6,17H,7-8,10-15H2,1H3. The lowest BCUT2D eigenvalue weighted by atomic mass is 9.57. The highest BCUT2D eigenvalue weighted by Gasteiger charge is 2.57. The van der Waals surface area contributed by atoms with Crippen molar-refractivity contribution in [2.24, 2.45) is 5.41 Å². The highest BCUT2D eigenvalue weighted by molar-refractivity contribution is 6.30. The van der Waals surface area contributed by atoms with Crippen LogP contribution in [0.3, 0.4) is 0 Å². The Labute approximate surface area is 222 Å². The van der Waals surface area contributed by atoms with Gasteiger partial charge in [-0.3, -0.25) is 9.47 Å². The van der Waals surface area contributed by atoms with Crippen LogP contribution in [0.5, 0.6) is 0 Å². The van der Waals surface area contributed by atoms with Crippen molar-refractivity contribution >= 4 is 17.4 Å². The van der Waals surface area contributed by atoms with Gasteiger partial charge in [-0.25, -0.2) is 18.2 Å². The van der Waals surface area contributed by atoms with Gasteiger partial charge in [0, 0.05) is 54.4 Å². The van der Waals surface area contributed by atoms with Gasteiger partial charge in [-0.15, -0.1) is 10.2 Å². The van der Waals surface area contributed by atoms with Crippen molar-refractivity contribution in [2.45, 2.75) is 63.1 Å². The molecule has 2 aliphatic heterocycles. The number of hydrogen-bond donors (Lipinski definition) is 0. The highest BCUT2D eigenvalue weighted by atomic mass is 35.5. The van der Waals surface area contributed by atoms with Gasteiger partial charge >= 0.3 is 0 Å². The molecule has 1 spiro atoms. The monoisotopic (exact) mass is 539 g/mol. The molecule has 7 nitrogen and oxygen atoms in total. The number of nitriles is 1. The summed E-state index contributed by atoms with van der Waals surface area (Å²) >= 11 is 6.36. The number of benzene rings is 1. The van der Waals surface area contributed by atoms with E-state index in [0.29, 0.717) is 23.9 Å². The maximum Gasteiger partial charge on any atom is 0.251 e. The molecule has 0 bridgehead atoms. The van der Waals surface area contributed by atoms with E-state index in [1.165, 1.54) is 6.07 Å². The second kappa shape index (κ2) is 7.93. The van der Waals surface area contributed by atoms with Crippen LogP contribution in [-0.2, 0) is 13.1 Å². The molecule has 7 rings (SSSR count). The number of fused-ring (bicyclic) bond motifs is 3. The fraction of sp³-hybridized carbons (Fsp3) is 0.481. The number of halogens is 4. The molecule has 0 amide bonds. The number of rotatable bonds is 3. The summed E-state index contributed by atoms with van der Waals surface area (Å²) in [5.74, 6) is -0.753. The van der Waals surface area contributed by atoms with Crippen molar-refractivity contribution in [3.05, 3.63) is 64.1 Å². The predicted octanol–water partition coefficient (Wildman–Crippen LogP) is 5.21. The number of anilines is 1. The number of hydrogen-bond acceptors (Lipinski definition) is 6. The lowest BCUT2D eigenvalue weighted by Crippen LogP contribution is -2.62. The summed E-state index contributed by atoms with van der Waals surface area (Å²) in [5.41, 5.74) is 1.27. The zero-order chi connectivity index (χ0) is 26.4. The quantitative estimate of drug-likeness (QED) is 0.455. The van der Waals surface area contributed by atoms with Crippen molar-refractivity contribution in [3.63, 3.8) is 0 Å². The summed E-state index contributed by atoms with van der Waals surface area (Å²) in [6, 6.07) is 10.4. The Morgan fingerprint density at radius 2 is 1.84 bits per heavy atom. The molecule has 3 fully saturated rings. The Hall–Kier alpha value is -3.16. The molecule has 38 heavy (non-hydrogen) atoms. The van der Waals surface area contributed by atoms with Crippen LogP contribution in [0.15, 0.2) is 30.3 Å². The minimum Gasteiger partial charge on any atom is -0.355 e. The van der Waals surface area contributed by atoms with Gasteiger partial charge in [0.2, 0.25) is 0 Å². The van der Waals surface area contributed by atoms with E-state index in [2.05, 4.69) is 29.5 Å². The molecule has 4 aliphatic rings. The zero-order valence-electron chi connectivity index (χ0n) is 20.8. The van der Waals surface area contributed by atoms with Gasteiger partial charge in [0.15, 0.2) is 17.3 Å². The minimum absolute atomic E-state index is 0.129. The third kappa shape index (κ3) is 3.62. The van der Waals surface area contributed by atoms with Crippen molar-refractivity contribution < 1.29 is 13.2 Å². The first-order valence-electron chi connectivity index (χ1n) is 12.7. The second-order valence-electron chi connectivity index (χ2n) is 11.7. The van der Waals surface area contributed by atoms with Gasteiger partial charge in [-0.1, -0.05) is 11.6 Å². The normalized spacial score (nSPS) is 22.9. The van der Waals surface area contributed by atoms with E-state index >= 15 is 0 Å². The fourth-order valence-electron chi connectivity index (χ4n) is 7.00. The first-order chi connectivity index (χ1) is 18.1. The topological polar surface area (TPSA) is 73.9 Å². The molecule has 3 aromatic rings. The number of alkyl halides is 2. The van der Waals surface area contributed by atoms with E-state index in [1.54, 1.807) is 12.1 Å². The van der Waals surface area contributed by atoms with Crippen molar-refractivity contribution in [3.8, 4) is 11.8 Å². The van der Waals surface area contributed by atoms with Crippen molar-refractivity contribution in [2.75, 3.05) is 18.0 Å². The van der Waals surface area contributed by atoms with Gasteiger partial charge in [0.1, 0.15) is 17.7 Å². The molecule has 1 saturated heterocycles. The maximum atomic E-state index is 13.9. The zero-order valence-corrected chi connectivity index (χ0v) is 21.5. The molecular weight excluding hydrogens is 515 g/mol. The molecule has 0 unspecified atom stereocenters. The summed E-state index contributed by atoms with van der Waals surface area (Å²) < 4.78 is 43.6. The van der Waals surface area contributed by atoms with E-state index in [-0.39, 0.29) is 29.9 Å². The number of aromatic nitrogens is 4. The smallest absolute Gasteiger partial charge is 0.251 e. The average molecular weight is 540 g/mol. The molecule has 1 aromatic carbocycles. The molecule has 2 saturated carbocycles. The van der Waals surface area contributed by atoms with Crippen LogP contribution in [0.2, 0.25) is 5.02 Å². The number of pyridine rings is 1. The van der Waals surface area contributed by atoms with Crippen LogP contribution in [0.4, 0.5) is 19.0 Å². The van der Waals surface area contributed by atoms with Gasteiger partial charge in [-0.05, 0) is 55.7 Å². The molecule has 4 heterocycles. The Kier molecular flexibility index (Phi) is 4.99. The van der Waals surface area contributed by atoms with Crippen LogP contribution in [0.25, 0.3) is 5.69 Å². The molecular formula is C27H25ClF3N7. The Morgan fingerprint density at radius 3 is 2.55 bits per heavy atom. The average Bonchev–Trinajstić information content (AvgIpc) is 3.11. The number of nitrogens with zero attached hydrogens (tertiary/aromatic N) is 7. The van der Waals surface area contributed by atoms with Crippen molar-refractivity contribution in [1.29, 1.82) is 5.26 Å². The largest absolute Gasteiger partial charge is 0.355 e. The van der Waals surface area contributed by atoms with E-state index in [0.717, 1.165) is 48.8 Å². The molecule has 0 radical (unpaired) electrons. The van der Waals surface area contributed by atoms with Gasteiger partial charge < -0.3 is 4.90 Å².